The van der Waals surface area contributed by atoms with Gasteiger partial charge in [-0.3, -0.25) is 0 Å². The van der Waals surface area contributed by atoms with Crippen LogP contribution in [-0.2, 0) is 4.74 Å². The minimum Gasteiger partial charge on any atom is -0.465 e. The Morgan fingerprint density at radius 2 is 1.70 bits per heavy atom. The molecule has 20 heavy (non-hydrogen) atoms. The Labute approximate surface area is 130 Å². The number of hydrogen-bond donors (Lipinski definition) is 0. The van der Waals surface area contributed by atoms with Gasteiger partial charge in [0.05, 0.1) is 12.7 Å². The van der Waals surface area contributed by atoms with Crippen LogP contribution in [0, 0.1) is 27.9 Å². The molecule has 2 aromatic rings. The summed E-state index contributed by atoms with van der Waals surface area (Å²) < 4.78 is 7.46. The molecule has 0 fully saturated rings. The van der Waals surface area contributed by atoms with Crippen molar-refractivity contribution in [2.24, 2.45) is 0 Å². The minimum absolute atomic E-state index is 0.270. The Kier molecular flexibility index (Phi) is 4.81. The summed E-state index contributed by atoms with van der Waals surface area (Å²) in [5.74, 6) is -0.270. The topological polar surface area (TPSA) is 26.3 Å². The second-order valence-electron chi connectivity index (χ2n) is 4.81. The molecule has 0 spiro atoms. The van der Waals surface area contributed by atoms with Crippen LogP contribution in [0.2, 0.25) is 0 Å². The van der Waals surface area contributed by atoms with Gasteiger partial charge in [0, 0.05) is 17.2 Å². The third-order valence-electron chi connectivity index (χ3n) is 3.03. The van der Waals surface area contributed by atoms with E-state index in [2.05, 4.69) is 39.0 Å². The lowest BCUT2D eigenvalue weighted by Gasteiger charge is -2.01. The first-order valence-electron chi connectivity index (χ1n) is 6.42. The predicted molar refractivity (Wildman–Crippen MR) is 75.8 cm³/mol. The van der Waals surface area contributed by atoms with Crippen molar-refractivity contribution in [3.05, 3.63) is 65.8 Å². The van der Waals surface area contributed by atoms with Crippen molar-refractivity contribution in [3.63, 3.8) is 0 Å². The first kappa shape index (κ1) is 15.0. The summed E-state index contributed by atoms with van der Waals surface area (Å²) in [6.07, 6.45) is 0. The van der Waals surface area contributed by atoms with E-state index in [4.69, 9.17) is 4.74 Å². The normalized spacial score (nSPS) is 10.4. The van der Waals surface area contributed by atoms with E-state index >= 15 is 0 Å². The first-order valence-corrected chi connectivity index (χ1v) is 8.58. The van der Waals surface area contributed by atoms with Crippen LogP contribution in [0.5, 0.6) is 0 Å². The molecule has 3 heteroatoms. The van der Waals surface area contributed by atoms with Gasteiger partial charge >= 0.3 is 27.2 Å². The van der Waals surface area contributed by atoms with Crippen LogP contribution in [0.3, 0.4) is 0 Å². The highest BCUT2D eigenvalue weighted by Gasteiger charge is 2.22. The average molecular weight is 381 g/mol. The monoisotopic (exact) mass is 381 g/mol. The molecular weight excluding hydrogens is 363 g/mol. The molecule has 0 saturated heterocycles. The van der Waals surface area contributed by atoms with Crippen LogP contribution in [-0.4, -0.2) is 13.1 Å². The van der Waals surface area contributed by atoms with Gasteiger partial charge in [-0.15, -0.1) is 0 Å². The number of hydrogen-bond acceptors (Lipinski definition) is 2. The second kappa shape index (κ2) is 6.39. The number of benzene rings is 2. The van der Waals surface area contributed by atoms with Crippen LogP contribution < -0.4 is 21.2 Å². The maximum atomic E-state index is 11.6. The molecule has 0 unspecified atom stereocenters. The Morgan fingerprint density at radius 1 is 1.05 bits per heavy atom. The van der Waals surface area contributed by atoms with Gasteiger partial charge in [0.15, 0.2) is 7.14 Å². The van der Waals surface area contributed by atoms with Crippen molar-refractivity contribution >= 4 is 5.97 Å². The third-order valence-corrected chi connectivity index (χ3v) is 6.56. The standard InChI is InChI=1S/C17H18IO2/c1-11-8-12(2)16(13(3)9-11)18-15-7-5-6-14(10-15)17(19)20-4/h5-10H,1-4H3/q+1. The number of carbonyl (C=O) groups excluding carboxylic acids is 1. The van der Waals surface area contributed by atoms with E-state index in [0.717, 1.165) is 0 Å². The van der Waals surface area contributed by atoms with Gasteiger partial charge in [-0.05, 0) is 32.9 Å². The lowest BCUT2D eigenvalue weighted by atomic mass is 10.1. The van der Waals surface area contributed by atoms with Gasteiger partial charge in [0.25, 0.3) is 0 Å². The fourth-order valence-electron chi connectivity index (χ4n) is 2.21. The quantitative estimate of drug-likeness (QED) is 0.573. The average Bonchev–Trinajstić information content (AvgIpc) is 2.42. The number of methoxy groups -OCH3 is 1. The van der Waals surface area contributed by atoms with E-state index in [1.54, 1.807) is 6.07 Å². The number of aryl methyl sites for hydroxylation is 3. The van der Waals surface area contributed by atoms with Crippen molar-refractivity contribution < 1.29 is 30.7 Å². The lowest BCUT2D eigenvalue weighted by molar-refractivity contribution is -0.598. The number of halogens is 1. The van der Waals surface area contributed by atoms with E-state index in [0.29, 0.717) is 5.56 Å². The highest BCUT2D eigenvalue weighted by Crippen LogP contribution is 2.08. The molecule has 0 amide bonds. The van der Waals surface area contributed by atoms with Gasteiger partial charge in [-0.2, -0.15) is 0 Å². The van der Waals surface area contributed by atoms with Crippen molar-refractivity contribution in [1.29, 1.82) is 0 Å². The number of esters is 1. The molecule has 0 N–H and O–H groups in total. The first-order chi connectivity index (χ1) is 9.51. The number of ether oxygens (including phenoxy) is 1. The Hall–Kier alpha value is -1.36. The predicted octanol–water partition coefficient (Wildman–Crippen LogP) is 0.527. The Morgan fingerprint density at radius 3 is 2.30 bits per heavy atom. The molecule has 2 rings (SSSR count). The summed E-state index contributed by atoms with van der Waals surface area (Å²) in [7, 11) is 1.42. The smallest absolute Gasteiger partial charge is 0.358 e. The zero-order valence-corrected chi connectivity index (χ0v) is 14.3. The fourth-order valence-corrected chi connectivity index (χ4v) is 4.88. The molecule has 0 radical (unpaired) electrons. The lowest BCUT2D eigenvalue weighted by Crippen LogP contribution is -3.62. The van der Waals surface area contributed by atoms with Crippen molar-refractivity contribution in [3.8, 4) is 0 Å². The van der Waals surface area contributed by atoms with Crippen molar-refractivity contribution in [2.45, 2.75) is 20.8 Å². The molecule has 0 aromatic heterocycles. The largest absolute Gasteiger partial charge is 0.465 e. The molecule has 0 bridgehead atoms. The summed E-state index contributed by atoms with van der Waals surface area (Å²) >= 11 is -0.283. The second-order valence-corrected chi connectivity index (χ2v) is 7.67. The van der Waals surface area contributed by atoms with Crippen LogP contribution >= 0.6 is 0 Å². The Balaban J connectivity index is 2.33. The molecule has 0 heterocycles. The molecule has 0 aliphatic rings. The summed E-state index contributed by atoms with van der Waals surface area (Å²) in [4.78, 5) is 11.6. The van der Waals surface area contributed by atoms with Crippen molar-refractivity contribution in [2.75, 3.05) is 7.11 Å². The number of rotatable bonds is 3. The molecule has 0 saturated carbocycles. The molecule has 2 nitrogen and oxygen atoms in total. The van der Waals surface area contributed by atoms with E-state index in [1.165, 1.54) is 30.9 Å². The molecule has 0 atom stereocenters. The van der Waals surface area contributed by atoms with Gasteiger partial charge in [0.1, 0.15) is 0 Å². The highest BCUT2D eigenvalue weighted by atomic mass is 127. The van der Waals surface area contributed by atoms with Crippen LogP contribution in [0.25, 0.3) is 0 Å². The summed E-state index contributed by atoms with van der Waals surface area (Å²) in [5.41, 5.74) is 4.63. The van der Waals surface area contributed by atoms with Crippen LogP contribution in [0.1, 0.15) is 27.0 Å². The molecule has 2 aromatic carbocycles. The number of carbonyl (C=O) groups is 1. The Bertz CT molecular complexity index is 624. The van der Waals surface area contributed by atoms with E-state index in [1.807, 2.05) is 12.1 Å². The summed E-state index contributed by atoms with van der Waals surface area (Å²) in [6.45, 7) is 6.46. The van der Waals surface area contributed by atoms with Crippen LogP contribution in [0.15, 0.2) is 36.4 Å². The zero-order valence-electron chi connectivity index (χ0n) is 12.2. The van der Waals surface area contributed by atoms with Gasteiger partial charge in [0.2, 0.25) is 0 Å². The van der Waals surface area contributed by atoms with E-state index < -0.39 is 0 Å². The SMILES string of the molecule is COC(=O)c1cccc([I+]c2c(C)cc(C)cc2C)c1. The van der Waals surface area contributed by atoms with Crippen molar-refractivity contribution in [1.82, 2.24) is 0 Å². The summed E-state index contributed by atoms with van der Waals surface area (Å²) in [6, 6.07) is 12.2. The molecular formula is C17H18IO2+. The van der Waals surface area contributed by atoms with E-state index in [9.17, 15) is 4.79 Å². The maximum absolute atomic E-state index is 11.6. The molecule has 104 valence electrons. The van der Waals surface area contributed by atoms with Crippen LogP contribution in [0.4, 0.5) is 0 Å². The third kappa shape index (κ3) is 3.39. The molecule has 0 aliphatic heterocycles. The zero-order chi connectivity index (χ0) is 14.7. The van der Waals surface area contributed by atoms with Gasteiger partial charge < -0.3 is 4.74 Å². The van der Waals surface area contributed by atoms with E-state index in [-0.39, 0.29) is 27.2 Å². The summed E-state index contributed by atoms with van der Waals surface area (Å²) in [5, 5.41) is 0. The maximum Gasteiger partial charge on any atom is 0.358 e. The van der Waals surface area contributed by atoms with Gasteiger partial charge in [-0.25, -0.2) is 4.79 Å². The molecule has 0 aliphatic carbocycles. The van der Waals surface area contributed by atoms with Gasteiger partial charge in [-0.1, -0.05) is 23.8 Å². The highest BCUT2D eigenvalue weighted by molar-refractivity contribution is 5.89. The minimum atomic E-state index is -0.283. The fraction of sp³-hybridized carbons (Fsp3) is 0.235.